The number of hydrogen-bond donors (Lipinski definition) is 1. The highest BCUT2D eigenvalue weighted by Crippen LogP contribution is 2.24. The van der Waals surface area contributed by atoms with Crippen molar-refractivity contribution in [2.24, 2.45) is 0 Å². The summed E-state index contributed by atoms with van der Waals surface area (Å²) in [6, 6.07) is 11.0. The van der Waals surface area contributed by atoms with Crippen LogP contribution in [0, 0.1) is 15.9 Å². The molecule has 0 aliphatic rings. The van der Waals surface area contributed by atoms with Crippen LogP contribution in [0.1, 0.15) is 5.56 Å². The largest absolute Gasteiger partial charge is 0.399 e. The fraction of sp³-hybridized carbons (Fsp3) is 0.143. The third kappa shape index (κ3) is 3.71. The topological polar surface area (TPSA) is 69.2 Å². The summed E-state index contributed by atoms with van der Waals surface area (Å²) in [6.07, 6.45) is 0.715. The first-order chi connectivity index (χ1) is 9.56. The van der Waals surface area contributed by atoms with Crippen LogP contribution in [0.15, 0.2) is 47.4 Å². The lowest BCUT2D eigenvalue weighted by atomic mass is 10.1. The van der Waals surface area contributed by atoms with Crippen molar-refractivity contribution in [3.63, 3.8) is 0 Å². The average molecular weight is 292 g/mol. The normalized spacial score (nSPS) is 10.4. The summed E-state index contributed by atoms with van der Waals surface area (Å²) in [7, 11) is 0. The molecule has 2 aromatic carbocycles. The summed E-state index contributed by atoms with van der Waals surface area (Å²) in [4.78, 5) is 10.7. The minimum absolute atomic E-state index is 0.0750. The minimum atomic E-state index is -0.428. The van der Waals surface area contributed by atoms with Crippen molar-refractivity contribution in [2.75, 3.05) is 11.5 Å². The van der Waals surface area contributed by atoms with Crippen molar-refractivity contribution in [3.05, 3.63) is 64.0 Å². The van der Waals surface area contributed by atoms with Gasteiger partial charge in [-0.3, -0.25) is 10.1 Å². The quantitative estimate of drug-likeness (QED) is 0.395. The number of anilines is 1. The molecule has 0 atom stereocenters. The number of rotatable bonds is 5. The van der Waals surface area contributed by atoms with Gasteiger partial charge in [-0.2, -0.15) is 0 Å². The van der Waals surface area contributed by atoms with Crippen LogP contribution in [-0.2, 0) is 6.42 Å². The number of nitrogens with zero attached hydrogens (tertiary/aromatic N) is 1. The minimum Gasteiger partial charge on any atom is -0.399 e. The molecule has 2 aromatic rings. The second-order valence-corrected chi connectivity index (χ2v) is 5.35. The molecule has 104 valence electrons. The van der Waals surface area contributed by atoms with Crippen molar-refractivity contribution >= 4 is 23.1 Å². The number of halogens is 1. The third-order valence-corrected chi connectivity index (χ3v) is 3.80. The Morgan fingerprint density at radius 2 is 1.90 bits per heavy atom. The molecule has 0 aromatic heterocycles. The summed E-state index contributed by atoms with van der Waals surface area (Å²) in [6.45, 7) is 0. The standard InChI is InChI=1S/C14H13FN2O2S/c15-13-9-11(16)3-6-14(13)20-8-7-10-1-4-12(5-2-10)17(18)19/h1-6,9H,7-8,16H2. The Kier molecular flexibility index (Phi) is 4.57. The summed E-state index contributed by atoms with van der Waals surface area (Å²) in [5, 5.41) is 10.5. The molecule has 0 spiro atoms. The Labute approximate surface area is 119 Å². The van der Waals surface area contributed by atoms with Gasteiger partial charge in [-0.25, -0.2) is 4.39 Å². The van der Waals surface area contributed by atoms with E-state index in [-0.39, 0.29) is 11.5 Å². The van der Waals surface area contributed by atoms with Gasteiger partial charge in [0.25, 0.3) is 5.69 Å². The van der Waals surface area contributed by atoms with Crippen LogP contribution >= 0.6 is 11.8 Å². The van der Waals surface area contributed by atoms with E-state index in [1.54, 1.807) is 24.3 Å². The molecule has 4 nitrogen and oxygen atoms in total. The van der Waals surface area contributed by atoms with Gasteiger partial charge in [-0.15, -0.1) is 11.8 Å². The van der Waals surface area contributed by atoms with Crippen LogP contribution in [-0.4, -0.2) is 10.7 Å². The molecule has 0 unspecified atom stereocenters. The highest BCUT2D eigenvalue weighted by atomic mass is 32.2. The van der Waals surface area contributed by atoms with Gasteiger partial charge in [0.15, 0.2) is 0 Å². The molecule has 2 N–H and O–H groups in total. The van der Waals surface area contributed by atoms with Crippen molar-refractivity contribution in [1.82, 2.24) is 0 Å². The molecule has 0 aliphatic heterocycles. The molecule has 0 bridgehead atoms. The van der Waals surface area contributed by atoms with E-state index < -0.39 is 4.92 Å². The molecule has 0 heterocycles. The summed E-state index contributed by atoms with van der Waals surface area (Å²) >= 11 is 1.40. The Balaban J connectivity index is 1.91. The van der Waals surface area contributed by atoms with E-state index in [9.17, 15) is 14.5 Å². The van der Waals surface area contributed by atoms with Crippen LogP contribution < -0.4 is 5.73 Å². The van der Waals surface area contributed by atoms with Crippen LogP contribution in [0.4, 0.5) is 15.8 Å². The zero-order valence-corrected chi connectivity index (χ0v) is 11.4. The predicted molar refractivity (Wildman–Crippen MR) is 78.3 cm³/mol. The van der Waals surface area contributed by atoms with Gasteiger partial charge in [0.05, 0.1) is 4.92 Å². The van der Waals surface area contributed by atoms with E-state index >= 15 is 0 Å². The Morgan fingerprint density at radius 3 is 2.50 bits per heavy atom. The van der Waals surface area contributed by atoms with Gasteiger partial charge in [-0.1, -0.05) is 12.1 Å². The maximum Gasteiger partial charge on any atom is 0.269 e. The molecule has 0 saturated carbocycles. The number of nitrogen functional groups attached to an aromatic ring is 1. The van der Waals surface area contributed by atoms with Crippen LogP contribution in [0.25, 0.3) is 0 Å². The fourth-order valence-corrected chi connectivity index (χ4v) is 2.62. The van der Waals surface area contributed by atoms with Crippen LogP contribution in [0.5, 0.6) is 0 Å². The summed E-state index contributed by atoms with van der Waals surface area (Å²) < 4.78 is 13.5. The second-order valence-electron chi connectivity index (χ2n) is 4.21. The van der Waals surface area contributed by atoms with E-state index in [1.165, 1.54) is 30.0 Å². The first-order valence-electron chi connectivity index (χ1n) is 5.97. The van der Waals surface area contributed by atoms with Crippen LogP contribution in [0.2, 0.25) is 0 Å². The van der Waals surface area contributed by atoms with Gasteiger partial charge in [-0.05, 0) is 30.2 Å². The van der Waals surface area contributed by atoms with E-state index in [0.29, 0.717) is 22.8 Å². The molecule has 0 aliphatic carbocycles. The number of benzene rings is 2. The second kappa shape index (κ2) is 6.38. The number of nitrogens with two attached hydrogens (primary N) is 1. The third-order valence-electron chi connectivity index (χ3n) is 2.75. The van der Waals surface area contributed by atoms with Gasteiger partial charge >= 0.3 is 0 Å². The van der Waals surface area contributed by atoms with Crippen LogP contribution in [0.3, 0.4) is 0 Å². The van der Waals surface area contributed by atoms with Crippen molar-refractivity contribution in [1.29, 1.82) is 0 Å². The maximum absolute atomic E-state index is 13.5. The van der Waals surface area contributed by atoms with Gasteiger partial charge in [0.1, 0.15) is 5.82 Å². The number of thioether (sulfide) groups is 1. The molecule has 0 fully saturated rings. The van der Waals surface area contributed by atoms with Gasteiger partial charge in [0, 0.05) is 28.5 Å². The zero-order chi connectivity index (χ0) is 14.5. The average Bonchev–Trinajstić information content (AvgIpc) is 2.42. The first kappa shape index (κ1) is 14.3. The number of nitro groups is 1. The number of aryl methyl sites for hydroxylation is 1. The van der Waals surface area contributed by atoms with Crippen molar-refractivity contribution in [2.45, 2.75) is 11.3 Å². The first-order valence-corrected chi connectivity index (χ1v) is 6.96. The molecule has 0 saturated heterocycles. The predicted octanol–water partition coefficient (Wildman–Crippen LogP) is 3.65. The molecule has 6 heteroatoms. The molecular weight excluding hydrogens is 279 g/mol. The fourth-order valence-electron chi connectivity index (χ4n) is 1.70. The summed E-state index contributed by atoms with van der Waals surface area (Å²) in [5.41, 5.74) is 6.95. The van der Waals surface area contributed by atoms with Crippen molar-refractivity contribution < 1.29 is 9.31 Å². The molecule has 0 radical (unpaired) electrons. The molecule has 0 amide bonds. The highest BCUT2D eigenvalue weighted by molar-refractivity contribution is 7.99. The van der Waals surface area contributed by atoms with Gasteiger partial charge < -0.3 is 5.73 Å². The monoisotopic (exact) mass is 292 g/mol. The Morgan fingerprint density at radius 1 is 1.20 bits per heavy atom. The smallest absolute Gasteiger partial charge is 0.269 e. The SMILES string of the molecule is Nc1ccc(SCCc2ccc([N+](=O)[O-])cc2)c(F)c1. The summed E-state index contributed by atoms with van der Waals surface area (Å²) in [5.74, 6) is 0.372. The van der Waals surface area contributed by atoms with E-state index in [2.05, 4.69) is 0 Å². The Hall–Kier alpha value is -2.08. The number of non-ortho nitro benzene ring substituents is 1. The lowest BCUT2D eigenvalue weighted by Crippen LogP contribution is -1.93. The highest BCUT2D eigenvalue weighted by Gasteiger charge is 2.05. The van der Waals surface area contributed by atoms with Crippen molar-refractivity contribution in [3.8, 4) is 0 Å². The van der Waals surface area contributed by atoms with Gasteiger partial charge in [0.2, 0.25) is 0 Å². The lowest BCUT2D eigenvalue weighted by molar-refractivity contribution is -0.384. The zero-order valence-electron chi connectivity index (χ0n) is 10.6. The lowest BCUT2D eigenvalue weighted by Gasteiger charge is -2.04. The van der Waals surface area contributed by atoms with E-state index in [1.807, 2.05) is 0 Å². The van der Waals surface area contributed by atoms with E-state index in [4.69, 9.17) is 5.73 Å². The van der Waals surface area contributed by atoms with E-state index in [0.717, 1.165) is 5.56 Å². The molecular formula is C14H13FN2O2S. The molecule has 2 rings (SSSR count). The molecule has 20 heavy (non-hydrogen) atoms. The maximum atomic E-state index is 13.5. The Bertz CT molecular complexity index is 617. The number of nitro benzene ring substituents is 1. The number of hydrogen-bond acceptors (Lipinski definition) is 4.